The van der Waals surface area contributed by atoms with E-state index in [-0.39, 0.29) is 11.4 Å². The predicted octanol–water partition coefficient (Wildman–Crippen LogP) is 3.48. The molecule has 2 aliphatic carbocycles. The first kappa shape index (κ1) is 13.2. The first-order valence-electron chi connectivity index (χ1n) is 7.01. The number of alkyl halides is 1. The van der Waals surface area contributed by atoms with Crippen molar-refractivity contribution in [2.75, 3.05) is 0 Å². The van der Waals surface area contributed by atoms with Crippen molar-refractivity contribution in [1.82, 2.24) is 5.32 Å². The zero-order valence-electron chi connectivity index (χ0n) is 11.0. The number of hydrogen-bond acceptors (Lipinski definition) is 1. The fraction of sp³-hybridized carbons (Fsp3) is 0.929. The van der Waals surface area contributed by atoms with Gasteiger partial charge in [-0.3, -0.25) is 4.79 Å². The van der Waals surface area contributed by atoms with E-state index in [9.17, 15) is 4.79 Å². The number of halogens is 1. The molecule has 0 aromatic carbocycles. The molecular weight excluding hydrogens is 234 g/mol. The highest BCUT2D eigenvalue weighted by atomic mass is 35.5. The third-order valence-electron chi connectivity index (χ3n) is 4.62. The lowest BCUT2D eigenvalue weighted by atomic mass is 9.63. The van der Waals surface area contributed by atoms with Crippen LogP contribution in [0.5, 0.6) is 0 Å². The Labute approximate surface area is 109 Å². The van der Waals surface area contributed by atoms with E-state index in [2.05, 4.69) is 12.2 Å². The summed E-state index contributed by atoms with van der Waals surface area (Å²) in [7, 11) is 0. The van der Waals surface area contributed by atoms with Crippen molar-refractivity contribution in [3.05, 3.63) is 0 Å². The lowest BCUT2D eigenvalue weighted by Crippen LogP contribution is -2.56. The molecule has 3 heteroatoms. The second-order valence-corrected chi connectivity index (χ2v) is 6.72. The van der Waals surface area contributed by atoms with E-state index in [1.165, 1.54) is 32.1 Å². The molecule has 2 saturated carbocycles. The maximum atomic E-state index is 11.9. The van der Waals surface area contributed by atoms with Gasteiger partial charge < -0.3 is 5.32 Å². The molecule has 0 heterocycles. The van der Waals surface area contributed by atoms with E-state index in [0.29, 0.717) is 0 Å². The topological polar surface area (TPSA) is 29.1 Å². The number of rotatable bonds is 3. The van der Waals surface area contributed by atoms with Gasteiger partial charge in [0.2, 0.25) is 5.91 Å². The number of amides is 1. The molecule has 0 aliphatic heterocycles. The Morgan fingerprint density at radius 3 is 2.94 bits per heavy atom. The normalized spacial score (nSPS) is 38.5. The van der Waals surface area contributed by atoms with Crippen LogP contribution < -0.4 is 5.32 Å². The summed E-state index contributed by atoms with van der Waals surface area (Å²) in [6.07, 6.45) is 8.71. The SMILES string of the molecule is CC[C@H]1C[C@H]2CCC[C@](NC(=O)[C@H](C)Cl)(C2)C1. The summed E-state index contributed by atoms with van der Waals surface area (Å²) in [5.41, 5.74) is 0.0715. The van der Waals surface area contributed by atoms with Crippen LogP contribution in [0, 0.1) is 11.8 Å². The lowest BCUT2D eigenvalue weighted by molar-refractivity contribution is -0.124. The van der Waals surface area contributed by atoms with Crippen LogP contribution >= 0.6 is 11.6 Å². The van der Waals surface area contributed by atoms with Gasteiger partial charge in [-0.15, -0.1) is 11.6 Å². The molecule has 2 rings (SSSR count). The molecule has 4 atom stereocenters. The van der Waals surface area contributed by atoms with Crippen molar-refractivity contribution >= 4 is 17.5 Å². The molecular formula is C14H24ClNO. The number of carbonyl (C=O) groups is 1. The molecule has 2 bridgehead atoms. The predicted molar refractivity (Wildman–Crippen MR) is 71.2 cm³/mol. The number of nitrogens with one attached hydrogen (secondary N) is 1. The van der Waals surface area contributed by atoms with Gasteiger partial charge in [-0.1, -0.05) is 26.2 Å². The first-order valence-corrected chi connectivity index (χ1v) is 7.44. The Kier molecular flexibility index (Phi) is 4.02. The molecule has 0 aromatic rings. The summed E-state index contributed by atoms with van der Waals surface area (Å²) in [6, 6.07) is 0. The van der Waals surface area contributed by atoms with Crippen LogP contribution in [-0.2, 0) is 4.79 Å². The number of hydrogen-bond donors (Lipinski definition) is 1. The van der Waals surface area contributed by atoms with Crippen LogP contribution in [0.15, 0.2) is 0 Å². The van der Waals surface area contributed by atoms with E-state index in [1.807, 2.05) is 0 Å². The fourth-order valence-corrected chi connectivity index (χ4v) is 3.87. The van der Waals surface area contributed by atoms with Gasteiger partial charge in [0, 0.05) is 5.54 Å². The van der Waals surface area contributed by atoms with Crippen LogP contribution in [0.25, 0.3) is 0 Å². The van der Waals surface area contributed by atoms with Gasteiger partial charge in [0.05, 0.1) is 0 Å². The molecule has 1 amide bonds. The van der Waals surface area contributed by atoms with E-state index >= 15 is 0 Å². The molecule has 98 valence electrons. The standard InChI is InChI=1S/C14H24ClNO/c1-3-11-7-12-5-4-6-14(8-11,9-12)16-13(17)10(2)15/h10-12H,3-9H2,1-2H3,(H,16,17)/t10-,11-,12+,14+/m0/s1. The van der Waals surface area contributed by atoms with Crippen molar-refractivity contribution in [3.63, 3.8) is 0 Å². The van der Waals surface area contributed by atoms with Crippen LogP contribution in [-0.4, -0.2) is 16.8 Å². The van der Waals surface area contributed by atoms with Gasteiger partial charge in [0.25, 0.3) is 0 Å². The summed E-state index contributed by atoms with van der Waals surface area (Å²) >= 11 is 5.88. The number of fused-ring (bicyclic) bond motifs is 2. The highest BCUT2D eigenvalue weighted by Crippen LogP contribution is 2.46. The van der Waals surface area contributed by atoms with Crippen LogP contribution in [0.4, 0.5) is 0 Å². The summed E-state index contributed by atoms with van der Waals surface area (Å²) in [6.45, 7) is 4.03. The van der Waals surface area contributed by atoms with E-state index in [1.54, 1.807) is 6.92 Å². The van der Waals surface area contributed by atoms with Crippen molar-refractivity contribution in [2.24, 2.45) is 11.8 Å². The van der Waals surface area contributed by atoms with Gasteiger partial charge in [0.15, 0.2) is 0 Å². The fourth-order valence-electron chi connectivity index (χ4n) is 3.82. The van der Waals surface area contributed by atoms with Gasteiger partial charge in [0.1, 0.15) is 5.38 Å². The minimum atomic E-state index is -0.410. The first-order chi connectivity index (χ1) is 8.04. The molecule has 1 N–H and O–H groups in total. The third kappa shape index (κ3) is 2.96. The van der Waals surface area contributed by atoms with Crippen molar-refractivity contribution in [3.8, 4) is 0 Å². The summed E-state index contributed by atoms with van der Waals surface area (Å²) in [4.78, 5) is 11.9. The van der Waals surface area contributed by atoms with E-state index in [0.717, 1.165) is 24.7 Å². The molecule has 0 spiro atoms. The molecule has 0 aromatic heterocycles. The molecule has 0 unspecified atom stereocenters. The van der Waals surface area contributed by atoms with Crippen molar-refractivity contribution in [2.45, 2.75) is 69.7 Å². The molecule has 0 saturated heterocycles. The minimum Gasteiger partial charge on any atom is -0.349 e. The Hall–Kier alpha value is -0.240. The highest BCUT2D eigenvalue weighted by Gasteiger charge is 2.43. The summed E-state index contributed by atoms with van der Waals surface area (Å²) < 4.78 is 0. The highest BCUT2D eigenvalue weighted by molar-refractivity contribution is 6.30. The lowest BCUT2D eigenvalue weighted by Gasteiger charge is -2.49. The Balaban J connectivity index is 2.07. The summed E-state index contributed by atoms with van der Waals surface area (Å²) in [5.74, 6) is 1.64. The Morgan fingerprint density at radius 2 is 2.29 bits per heavy atom. The quantitative estimate of drug-likeness (QED) is 0.771. The summed E-state index contributed by atoms with van der Waals surface area (Å²) in [5, 5.41) is 2.85. The van der Waals surface area contributed by atoms with Crippen molar-refractivity contribution in [1.29, 1.82) is 0 Å². The second kappa shape index (κ2) is 5.17. The third-order valence-corrected chi connectivity index (χ3v) is 4.82. The monoisotopic (exact) mass is 257 g/mol. The zero-order chi connectivity index (χ0) is 12.5. The smallest absolute Gasteiger partial charge is 0.238 e. The Morgan fingerprint density at radius 1 is 1.53 bits per heavy atom. The zero-order valence-corrected chi connectivity index (χ0v) is 11.7. The average Bonchev–Trinajstić information content (AvgIpc) is 2.27. The maximum absolute atomic E-state index is 11.9. The minimum absolute atomic E-state index is 0.0177. The molecule has 2 aliphatic rings. The molecule has 2 fully saturated rings. The maximum Gasteiger partial charge on any atom is 0.238 e. The van der Waals surface area contributed by atoms with Crippen molar-refractivity contribution < 1.29 is 4.79 Å². The van der Waals surface area contributed by atoms with Crippen LogP contribution in [0.3, 0.4) is 0 Å². The van der Waals surface area contributed by atoms with E-state index < -0.39 is 5.38 Å². The number of carbonyl (C=O) groups excluding carboxylic acids is 1. The molecule has 17 heavy (non-hydrogen) atoms. The van der Waals surface area contributed by atoms with Gasteiger partial charge in [-0.2, -0.15) is 0 Å². The largest absolute Gasteiger partial charge is 0.349 e. The second-order valence-electron chi connectivity index (χ2n) is 6.06. The van der Waals surface area contributed by atoms with Gasteiger partial charge in [-0.05, 0) is 44.4 Å². The van der Waals surface area contributed by atoms with Crippen LogP contribution in [0.1, 0.15) is 58.8 Å². The molecule has 2 nitrogen and oxygen atoms in total. The van der Waals surface area contributed by atoms with Gasteiger partial charge >= 0.3 is 0 Å². The van der Waals surface area contributed by atoms with Crippen LogP contribution in [0.2, 0.25) is 0 Å². The average molecular weight is 258 g/mol. The molecule has 0 radical (unpaired) electrons. The van der Waals surface area contributed by atoms with E-state index in [4.69, 9.17) is 11.6 Å². The Bertz CT molecular complexity index is 292. The van der Waals surface area contributed by atoms with Gasteiger partial charge in [-0.25, -0.2) is 0 Å².